The smallest absolute Gasteiger partial charge is 0.120 e. The number of hydrogen-bond acceptors (Lipinski definition) is 2. The average molecular weight is 330 g/mol. The molecule has 0 aliphatic rings. The van der Waals surface area contributed by atoms with Crippen LogP contribution < -0.4 is 0 Å². The van der Waals surface area contributed by atoms with E-state index in [1.54, 1.807) is 4.52 Å². The quantitative estimate of drug-likeness (QED) is 0.617. The van der Waals surface area contributed by atoms with Crippen molar-refractivity contribution in [2.45, 2.75) is 26.2 Å². The summed E-state index contributed by atoms with van der Waals surface area (Å²) in [7, 11) is 0. The molecule has 1 aromatic carbocycles. The van der Waals surface area contributed by atoms with Gasteiger partial charge in [0.2, 0.25) is 0 Å². The Morgan fingerprint density at radius 1 is 1.00 bits per heavy atom. The van der Waals surface area contributed by atoms with Crippen LogP contribution >= 0.6 is 15.9 Å². The molecule has 0 aliphatic heterocycles. The number of aromatic nitrogens is 3. The van der Waals surface area contributed by atoms with Gasteiger partial charge in [0.15, 0.2) is 0 Å². The summed E-state index contributed by atoms with van der Waals surface area (Å²) >= 11 is 3.48. The minimum Gasteiger partial charge on any atom is -0.206 e. The Kier molecular flexibility index (Phi) is 3.13. The molecule has 0 amide bonds. The molecule has 20 heavy (non-hydrogen) atoms. The van der Waals surface area contributed by atoms with Crippen LogP contribution in [-0.4, -0.2) is 14.8 Å². The summed E-state index contributed by atoms with van der Waals surface area (Å²) in [6, 6.07) is 14.5. The number of nitrogens with zero attached hydrogens (tertiary/aromatic N) is 3. The molecule has 0 spiro atoms. The second-order valence-electron chi connectivity index (χ2n) is 5.91. The van der Waals surface area contributed by atoms with E-state index in [4.69, 9.17) is 0 Å². The zero-order chi connectivity index (χ0) is 14.3. The lowest BCUT2D eigenvalue weighted by Gasteiger charge is -2.18. The van der Waals surface area contributed by atoms with Gasteiger partial charge in [-0.3, -0.25) is 0 Å². The fraction of sp³-hybridized carbons (Fsp3) is 0.250. The van der Waals surface area contributed by atoms with E-state index in [0.29, 0.717) is 0 Å². The molecule has 0 saturated heterocycles. The van der Waals surface area contributed by atoms with E-state index in [1.165, 1.54) is 5.56 Å². The van der Waals surface area contributed by atoms with Gasteiger partial charge in [-0.15, -0.1) is 5.10 Å². The third-order valence-electron chi connectivity index (χ3n) is 3.42. The van der Waals surface area contributed by atoms with Gasteiger partial charge >= 0.3 is 0 Å². The van der Waals surface area contributed by atoms with Crippen molar-refractivity contribution in [3.8, 4) is 11.3 Å². The molecule has 3 aromatic rings. The number of hydrogen-bond donors (Lipinski definition) is 0. The van der Waals surface area contributed by atoms with Crippen LogP contribution in [0.5, 0.6) is 0 Å². The number of pyridine rings is 1. The number of fused-ring (bicyclic) bond motifs is 1. The SMILES string of the molecule is CC(C)(C)c1ccc(-c2nnn3c(Br)cccc23)cc1. The topological polar surface area (TPSA) is 30.2 Å². The molecule has 0 fully saturated rings. The Balaban J connectivity index is 2.10. The molecule has 0 radical (unpaired) electrons. The van der Waals surface area contributed by atoms with Crippen molar-refractivity contribution >= 4 is 21.4 Å². The molecular formula is C16H16BrN3. The predicted molar refractivity (Wildman–Crippen MR) is 84.8 cm³/mol. The molecule has 0 bridgehead atoms. The molecular weight excluding hydrogens is 314 g/mol. The Morgan fingerprint density at radius 2 is 1.70 bits per heavy atom. The van der Waals surface area contributed by atoms with Crippen molar-refractivity contribution in [3.05, 3.63) is 52.6 Å². The Morgan fingerprint density at radius 3 is 2.35 bits per heavy atom. The van der Waals surface area contributed by atoms with Gasteiger partial charge in [0.05, 0.1) is 5.52 Å². The Labute approximate surface area is 126 Å². The van der Waals surface area contributed by atoms with E-state index in [9.17, 15) is 0 Å². The normalized spacial score (nSPS) is 12.0. The maximum atomic E-state index is 4.30. The maximum absolute atomic E-state index is 4.30. The van der Waals surface area contributed by atoms with Gasteiger partial charge in [-0.1, -0.05) is 56.3 Å². The highest BCUT2D eigenvalue weighted by Crippen LogP contribution is 2.28. The molecule has 2 heterocycles. The van der Waals surface area contributed by atoms with E-state index in [1.807, 2.05) is 18.2 Å². The van der Waals surface area contributed by atoms with Crippen LogP contribution in [0.1, 0.15) is 26.3 Å². The summed E-state index contributed by atoms with van der Waals surface area (Å²) in [5.74, 6) is 0. The van der Waals surface area contributed by atoms with Crippen LogP contribution in [-0.2, 0) is 5.41 Å². The van der Waals surface area contributed by atoms with E-state index in [0.717, 1.165) is 21.4 Å². The van der Waals surface area contributed by atoms with Gasteiger partial charge in [-0.25, -0.2) is 4.52 Å². The first-order valence-corrected chi connectivity index (χ1v) is 7.37. The molecule has 0 unspecified atom stereocenters. The number of halogens is 1. The minimum atomic E-state index is 0.163. The van der Waals surface area contributed by atoms with Gasteiger partial charge in [-0.2, -0.15) is 0 Å². The van der Waals surface area contributed by atoms with Gasteiger partial charge in [0.1, 0.15) is 10.3 Å². The molecule has 4 heteroatoms. The largest absolute Gasteiger partial charge is 0.206 e. The van der Waals surface area contributed by atoms with Crippen LogP contribution in [0.4, 0.5) is 0 Å². The summed E-state index contributed by atoms with van der Waals surface area (Å²) in [6.45, 7) is 6.64. The lowest BCUT2D eigenvalue weighted by molar-refractivity contribution is 0.590. The molecule has 3 nitrogen and oxygen atoms in total. The minimum absolute atomic E-state index is 0.163. The molecule has 2 aromatic heterocycles. The highest BCUT2D eigenvalue weighted by molar-refractivity contribution is 9.10. The predicted octanol–water partition coefficient (Wildman–Crippen LogP) is 4.46. The fourth-order valence-corrected chi connectivity index (χ4v) is 2.63. The Hall–Kier alpha value is -1.68. The molecule has 0 saturated carbocycles. The third kappa shape index (κ3) is 2.24. The van der Waals surface area contributed by atoms with Crippen molar-refractivity contribution in [2.75, 3.05) is 0 Å². The van der Waals surface area contributed by atoms with Gasteiger partial charge in [-0.05, 0) is 39.0 Å². The van der Waals surface area contributed by atoms with E-state index in [2.05, 4.69) is 71.3 Å². The maximum Gasteiger partial charge on any atom is 0.120 e. The number of benzene rings is 1. The monoisotopic (exact) mass is 329 g/mol. The first-order valence-electron chi connectivity index (χ1n) is 6.58. The van der Waals surface area contributed by atoms with Gasteiger partial charge in [0.25, 0.3) is 0 Å². The van der Waals surface area contributed by atoms with Crippen molar-refractivity contribution in [2.24, 2.45) is 0 Å². The molecule has 0 atom stereocenters. The summed E-state index contributed by atoms with van der Waals surface area (Å²) < 4.78 is 2.70. The van der Waals surface area contributed by atoms with E-state index >= 15 is 0 Å². The van der Waals surface area contributed by atoms with E-state index < -0.39 is 0 Å². The van der Waals surface area contributed by atoms with Crippen molar-refractivity contribution < 1.29 is 0 Å². The van der Waals surface area contributed by atoms with Crippen LogP contribution in [0.3, 0.4) is 0 Å². The summed E-state index contributed by atoms with van der Waals surface area (Å²) in [4.78, 5) is 0. The zero-order valence-corrected chi connectivity index (χ0v) is 13.3. The lowest BCUT2D eigenvalue weighted by Crippen LogP contribution is -2.10. The standard InChI is InChI=1S/C16H16BrN3/c1-16(2,3)12-9-7-11(8-10-12)15-13-5-4-6-14(17)20(13)19-18-15/h4-10H,1-3H3. The third-order valence-corrected chi connectivity index (χ3v) is 4.02. The summed E-state index contributed by atoms with van der Waals surface area (Å²) in [5.41, 5.74) is 4.48. The highest BCUT2D eigenvalue weighted by Gasteiger charge is 2.15. The number of rotatable bonds is 1. The first kappa shape index (κ1) is 13.3. The van der Waals surface area contributed by atoms with Crippen LogP contribution in [0.15, 0.2) is 47.1 Å². The molecule has 0 N–H and O–H groups in total. The van der Waals surface area contributed by atoms with Crippen LogP contribution in [0.2, 0.25) is 0 Å². The lowest BCUT2D eigenvalue weighted by atomic mass is 9.86. The van der Waals surface area contributed by atoms with Crippen molar-refractivity contribution in [1.82, 2.24) is 14.8 Å². The second-order valence-corrected chi connectivity index (χ2v) is 6.72. The molecule has 3 rings (SSSR count). The first-order chi connectivity index (χ1) is 9.47. The molecule has 0 aliphatic carbocycles. The van der Waals surface area contributed by atoms with Crippen LogP contribution in [0, 0.1) is 0 Å². The summed E-state index contributed by atoms with van der Waals surface area (Å²) in [6.07, 6.45) is 0. The Bertz CT molecular complexity index is 751. The van der Waals surface area contributed by atoms with Crippen molar-refractivity contribution in [3.63, 3.8) is 0 Å². The molecule has 102 valence electrons. The second kappa shape index (κ2) is 4.70. The average Bonchev–Trinajstić information content (AvgIpc) is 2.83. The van der Waals surface area contributed by atoms with E-state index in [-0.39, 0.29) is 5.41 Å². The summed E-state index contributed by atoms with van der Waals surface area (Å²) in [5, 5.41) is 8.49. The zero-order valence-electron chi connectivity index (χ0n) is 11.8. The van der Waals surface area contributed by atoms with Crippen molar-refractivity contribution in [1.29, 1.82) is 0 Å². The van der Waals surface area contributed by atoms with Crippen LogP contribution in [0.25, 0.3) is 16.8 Å². The van der Waals surface area contributed by atoms with Gasteiger partial charge in [0, 0.05) is 5.56 Å². The highest BCUT2D eigenvalue weighted by atomic mass is 79.9. The fourth-order valence-electron chi connectivity index (χ4n) is 2.22. The van der Waals surface area contributed by atoms with Gasteiger partial charge < -0.3 is 0 Å².